The van der Waals surface area contributed by atoms with Crippen LogP contribution in [0.25, 0.3) is 11.2 Å². The molecule has 0 unspecified atom stereocenters. The molecule has 13 heavy (non-hydrogen) atoms. The molecule has 4 heteroatoms. The molecule has 2 aromatic rings. The van der Waals surface area contributed by atoms with Gasteiger partial charge in [-0.2, -0.15) is 0 Å². The Balaban J connectivity index is 2.20. The number of aromatic nitrogens is 3. The number of fused-ring (bicyclic) bond motifs is 1. The van der Waals surface area contributed by atoms with Gasteiger partial charge in [-0.3, -0.25) is 0 Å². The van der Waals surface area contributed by atoms with Gasteiger partial charge in [-0.25, -0.2) is 9.97 Å². The molecule has 1 saturated carbocycles. The van der Waals surface area contributed by atoms with Gasteiger partial charge >= 0.3 is 0 Å². The van der Waals surface area contributed by atoms with E-state index in [2.05, 4.69) is 15.0 Å². The van der Waals surface area contributed by atoms with E-state index in [1.165, 1.54) is 12.8 Å². The van der Waals surface area contributed by atoms with Gasteiger partial charge in [0, 0.05) is 5.92 Å². The first-order chi connectivity index (χ1) is 6.33. The third-order valence-corrected chi connectivity index (χ3v) is 2.50. The fourth-order valence-electron chi connectivity index (χ4n) is 1.44. The number of nitrogens with one attached hydrogen (secondary N) is 1. The fraction of sp³-hybridized carbons (Fsp3) is 0.333. The molecule has 0 saturated heterocycles. The van der Waals surface area contributed by atoms with Gasteiger partial charge in [-0.05, 0) is 25.0 Å². The van der Waals surface area contributed by atoms with Crippen molar-refractivity contribution >= 4 is 22.8 Å². The second kappa shape index (κ2) is 2.45. The van der Waals surface area contributed by atoms with E-state index in [1.54, 1.807) is 6.07 Å². The lowest BCUT2D eigenvalue weighted by atomic mass is 10.4. The van der Waals surface area contributed by atoms with Crippen molar-refractivity contribution < 1.29 is 0 Å². The summed E-state index contributed by atoms with van der Waals surface area (Å²) in [6.07, 6.45) is 2.49. The van der Waals surface area contributed by atoms with Crippen molar-refractivity contribution in [2.45, 2.75) is 18.8 Å². The topological polar surface area (TPSA) is 41.6 Å². The third kappa shape index (κ3) is 1.20. The summed E-state index contributed by atoms with van der Waals surface area (Å²) in [6, 6.07) is 3.70. The molecule has 0 aromatic carbocycles. The van der Waals surface area contributed by atoms with Crippen molar-refractivity contribution in [2.24, 2.45) is 0 Å². The first-order valence-electron chi connectivity index (χ1n) is 4.35. The molecule has 3 nitrogen and oxygen atoms in total. The average Bonchev–Trinajstić information content (AvgIpc) is 2.87. The van der Waals surface area contributed by atoms with Crippen molar-refractivity contribution in [3.8, 4) is 0 Å². The summed E-state index contributed by atoms with van der Waals surface area (Å²) in [7, 11) is 0. The van der Waals surface area contributed by atoms with Gasteiger partial charge < -0.3 is 4.98 Å². The monoisotopic (exact) mass is 193 g/mol. The first kappa shape index (κ1) is 7.33. The van der Waals surface area contributed by atoms with Gasteiger partial charge in [-0.15, -0.1) is 0 Å². The fourth-order valence-corrected chi connectivity index (χ4v) is 1.58. The van der Waals surface area contributed by atoms with E-state index >= 15 is 0 Å². The number of rotatable bonds is 1. The Morgan fingerprint density at radius 2 is 2.15 bits per heavy atom. The minimum absolute atomic E-state index is 0.501. The molecule has 2 aromatic heterocycles. The maximum Gasteiger partial charge on any atom is 0.179 e. The van der Waals surface area contributed by atoms with Crippen LogP contribution in [0.4, 0.5) is 0 Å². The Morgan fingerprint density at radius 3 is 2.92 bits per heavy atom. The highest BCUT2D eigenvalue weighted by Gasteiger charge is 2.26. The lowest BCUT2D eigenvalue weighted by molar-refractivity contribution is 0.983. The van der Waals surface area contributed by atoms with Crippen LogP contribution in [0.1, 0.15) is 24.6 Å². The number of halogens is 1. The lowest BCUT2D eigenvalue weighted by Crippen LogP contribution is -1.80. The molecule has 1 fully saturated rings. The van der Waals surface area contributed by atoms with E-state index in [0.29, 0.717) is 11.1 Å². The van der Waals surface area contributed by atoms with E-state index in [9.17, 15) is 0 Å². The van der Waals surface area contributed by atoms with Crippen molar-refractivity contribution in [3.05, 3.63) is 23.1 Å². The summed E-state index contributed by atoms with van der Waals surface area (Å²) >= 11 is 5.76. The summed E-state index contributed by atoms with van der Waals surface area (Å²) < 4.78 is 0. The van der Waals surface area contributed by atoms with Crippen LogP contribution < -0.4 is 0 Å². The summed E-state index contributed by atoms with van der Waals surface area (Å²) in [4.78, 5) is 11.8. The maximum absolute atomic E-state index is 5.76. The summed E-state index contributed by atoms with van der Waals surface area (Å²) in [5.74, 6) is 1.69. The van der Waals surface area contributed by atoms with Gasteiger partial charge in [-0.1, -0.05) is 11.6 Å². The predicted molar refractivity (Wildman–Crippen MR) is 50.9 cm³/mol. The van der Waals surface area contributed by atoms with E-state index < -0.39 is 0 Å². The first-order valence-corrected chi connectivity index (χ1v) is 4.73. The van der Waals surface area contributed by atoms with Crippen LogP contribution in [0.5, 0.6) is 0 Å². The largest absolute Gasteiger partial charge is 0.340 e. The van der Waals surface area contributed by atoms with Crippen LogP contribution in [-0.2, 0) is 0 Å². The number of aromatic amines is 1. The number of nitrogens with zero attached hydrogens (tertiary/aromatic N) is 2. The van der Waals surface area contributed by atoms with Crippen LogP contribution in [-0.4, -0.2) is 15.0 Å². The van der Waals surface area contributed by atoms with E-state index in [-0.39, 0.29) is 0 Å². The van der Waals surface area contributed by atoms with Gasteiger partial charge in [0.1, 0.15) is 11.0 Å². The van der Waals surface area contributed by atoms with E-state index in [0.717, 1.165) is 17.0 Å². The van der Waals surface area contributed by atoms with Crippen LogP contribution in [0.3, 0.4) is 0 Å². The Kier molecular flexibility index (Phi) is 1.38. The van der Waals surface area contributed by atoms with Crippen molar-refractivity contribution in [1.29, 1.82) is 0 Å². The van der Waals surface area contributed by atoms with Gasteiger partial charge in [0.2, 0.25) is 0 Å². The molecule has 66 valence electrons. The SMILES string of the molecule is Clc1ccc2[nH]c(C3CC3)nc2n1. The predicted octanol–water partition coefficient (Wildman–Crippen LogP) is 2.49. The number of imidazole rings is 1. The summed E-state index contributed by atoms with van der Waals surface area (Å²) in [5, 5.41) is 0.501. The molecular weight excluding hydrogens is 186 g/mol. The Hall–Kier alpha value is -1.09. The van der Waals surface area contributed by atoms with Crippen LogP contribution in [0, 0.1) is 0 Å². The number of H-pyrrole nitrogens is 1. The van der Waals surface area contributed by atoms with Gasteiger partial charge in [0.25, 0.3) is 0 Å². The van der Waals surface area contributed by atoms with Crippen LogP contribution >= 0.6 is 11.6 Å². The number of pyridine rings is 1. The Morgan fingerprint density at radius 1 is 1.31 bits per heavy atom. The highest BCUT2D eigenvalue weighted by atomic mass is 35.5. The molecule has 0 amide bonds. The molecule has 0 bridgehead atoms. The zero-order valence-electron chi connectivity index (χ0n) is 6.92. The molecule has 1 N–H and O–H groups in total. The highest BCUT2D eigenvalue weighted by molar-refractivity contribution is 6.29. The molecule has 0 radical (unpaired) electrons. The highest BCUT2D eigenvalue weighted by Crippen LogP contribution is 2.38. The van der Waals surface area contributed by atoms with E-state index in [4.69, 9.17) is 11.6 Å². The van der Waals surface area contributed by atoms with Crippen molar-refractivity contribution in [2.75, 3.05) is 0 Å². The number of hydrogen-bond donors (Lipinski definition) is 1. The smallest absolute Gasteiger partial charge is 0.179 e. The van der Waals surface area contributed by atoms with E-state index in [1.807, 2.05) is 6.07 Å². The molecule has 0 spiro atoms. The minimum atomic E-state index is 0.501. The third-order valence-electron chi connectivity index (χ3n) is 2.29. The Labute approximate surface area is 80.2 Å². The average molecular weight is 194 g/mol. The lowest BCUT2D eigenvalue weighted by Gasteiger charge is -1.86. The zero-order chi connectivity index (χ0) is 8.84. The molecule has 1 aliphatic carbocycles. The minimum Gasteiger partial charge on any atom is -0.340 e. The van der Waals surface area contributed by atoms with Gasteiger partial charge in [0.15, 0.2) is 5.65 Å². The molecular formula is C9H8ClN3. The maximum atomic E-state index is 5.76. The quantitative estimate of drug-likeness (QED) is 0.707. The Bertz CT molecular complexity index is 459. The normalized spacial score (nSPS) is 16.7. The second-order valence-corrected chi connectivity index (χ2v) is 3.79. The molecule has 1 aliphatic rings. The van der Waals surface area contributed by atoms with Crippen LogP contribution in [0.2, 0.25) is 5.15 Å². The molecule has 0 aliphatic heterocycles. The summed E-state index contributed by atoms with van der Waals surface area (Å²) in [5.41, 5.74) is 1.71. The molecule has 3 rings (SSSR count). The van der Waals surface area contributed by atoms with Crippen molar-refractivity contribution in [1.82, 2.24) is 15.0 Å². The molecule has 0 atom stereocenters. The summed E-state index contributed by atoms with van der Waals surface area (Å²) in [6.45, 7) is 0. The number of hydrogen-bond acceptors (Lipinski definition) is 2. The second-order valence-electron chi connectivity index (χ2n) is 3.40. The van der Waals surface area contributed by atoms with Crippen molar-refractivity contribution in [3.63, 3.8) is 0 Å². The van der Waals surface area contributed by atoms with Crippen LogP contribution in [0.15, 0.2) is 12.1 Å². The standard InChI is InChI=1S/C9H8ClN3/c10-7-4-3-6-9(12-7)13-8(11-6)5-1-2-5/h3-5H,1-2H2,(H,11,12,13). The van der Waals surface area contributed by atoms with Gasteiger partial charge in [0.05, 0.1) is 5.52 Å². The zero-order valence-corrected chi connectivity index (χ0v) is 7.67. The molecule has 2 heterocycles.